The SMILES string of the molecule is CN1C(=O)N(C)N(Cc2ccc(-c3nc(C(F)(F)F)cn3C)c(F)c2)c2nc(Cl)ncc21. The van der Waals surface area contributed by atoms with Gasteiger partial charge in [0.15, 0.2) is 11.5 Å². The van der Waals surface area contributed by atoms with Gasteiger partial charge in [-0.25, -0.2) is 24.2 Å². The smallest absolute Gasteiger partial charge is 0.333 e. The fourth-order valence-electron chi connectivity index (χ4n) is 3.38. The summed E-state index contributed by atoms with van der Waals surface area (Å²) in [7, 11) is 4.44. The number of nitrogens with zero attached hydrogens (tertiary/aromatic N) is 7. The fourth-order valence-corrected chi connectivity index (χ4v) is 3.51. The molecule has 0 atom stereocenters. The van der Waals surface area contributed by atoms with Crippen molar-refractivity contribution in [1.29, 1.82) is 0 Å². The van der Waals surface area contributed by atoms with Crippen LogP contribution in [-0.2, 0) is 19.8 Å². The van der Waals surface area contributed by atoms with Gasteiger partial charge in [-0.1, -0.05) is 6.07 Å². The van der Waals surface area contributed by atoms with Gasteiger partial charge in [0, 0.05) is 27.3 Å². The molecule has 13 heteroatoms. The third-order valence-corrected chi connectivity index (χ3v) is 5.21. The zero-order valence-electron chi connectivity index (χ0n) is 17.0. The van der Waals surface area contributed by atoms with Crippen molar-refractivity contribution in [2.45, 2.75) is 12.7 Å². The van der Waals surface area contributed by atoms with Crippen LogP contribution < -0.4 is 9.91 Å². The van der Waals surface area contributed by atoms with Crippen molar-refractivity contribution in [3.05, 3.63) is 53.0 Å². The first-order valence-corrected chi connectivity index (χ1v) is 9.56. The maximum absolute atomic E-state index is 14.9. The van der Waals surface area contributed by atoms with Gasteiger partial charge in [-0.2, -0.15) is 18.2 Å². The van der Waals surface area contributed by atoms with Crippen LogP contribution in [0.25, 0.3) is 11.4 Å². The van der Waals surface area contributed by atoms with Crippen LogP contribution in [0.3, 0.4) is 0 Å². The molecule has 0 N–H and O–H groups in total. The molecule has 0 unspecified atom stereocenters. The number of anilines is 2. The Bertz CT molecular complexity index is 1210. The Morgan fingerprint density at radius 2 is 1.84 bits per heavy atom. The maximum atomic E-state index is 14.9. The molecule has 168 valence electrons. The predicted octanol–water partition coefficient (Wildman–Crippen LogP) is 4.11. The largest absolute Gasteiger partial charge is 0.434 e. The highest BCUT2D eigenvalue weighted by atomic mass is 35.5. The number of hydrogen-bond acceptors (Lipinski definition) is 5. The summed E-state index contributed by atoms with van der Waals surface area (Å²) < 4.78 is 54.8. The van der Waals surface area contributed by atoms with Gasteiger partial charge >= 0.3 is 12.2 Å². The predicted molar refractivity (Wildman–Crippen MR) is 108 cm³/mol. The Labute approximate surface area is 184 Å². The van der Waals surface area contributed by atoms with Gasteiger partial charge < -0.3 is 4.57 Å². The van der Waals surface area contributed by atoms with E-state index in [9.17, 15) is 22.4 Å². The van der Waals surface area contributed by atoms with Crippen molar-refractivity contribution in [2.24, 2.45) is 7.05 Å². The number of halogens is 5. The number of aromatic nitrogens is 4. The second-order valence-corrected chi connectivity index (χ2v) is 7.48. The number of carbonyl (C=O) groups is 1. The lowest BCUT2D eigenvalue weighted by atomic mass is 10.1. The molecule has 1 aliphatic rings. The summed E-state index contributed by atoms with van der Waals surface area (Å²) in [4.78, 5) is 25.5. The van der Waals surface area contributed by atoms with E-state index in [4.69, 9.17) is 11.6 Å². The van der Waals surface area contributed by atoms with Gasteiger partial charge in [0.1, 0.15) is 17.3 Å². The average molecular weight is 470 g/mol. The molecule has 0 bridgehead atoms. The van der Waals surface area contributed by atoms with E-state index in [1.165, 1.54) is 47.3 Å². The lowest BCUT2D eigenvalue weighted by Crippen LogP contribution is -2.53. The van der Waals surface area contributed by atoms with E-state index < -0.39 is 17.7 Å². The van der Waals surface area contributed by atoms with Crippen molar-refractivity contribution in [3.8, 4) is 11.4 Å². The zero-order chi connectivity index (χ0) is 23.4. The van der Waals surface area contributed by atoms with E-state index in [1.807, 2.05) is 0 Å². The van der Waals surface area contributed by atoms with Crippen LogP contribution in [0.15, 0.2) is 30.6 Å². The fraction of sp³-hybridized carbons (Fsp3) is 0.263. The molecule has 32 heavy (non-hydrogen) atoms. The molecular weight excluding hydrogens is 454 g/mol. The number of fused-ring (bicyclic) bond motifs is 1. The van der Waals surface area contributed by atoms with Gasteiger partial charge in [0.2, 0.25) is 5.28 Å². The van der Waals surface area contributed by atoms with Gasteiger partial charge in [0.05, 0.1) is 18.3 Å². The van der Waals surface area contributed by atoms with Crippen LogP contribution >= 0.6 is 11.6 Å². The van der Waals surface area contributed by atoms with Gasteiger partial charge in [-0.05, 0) is 29.3 Å². The molecule has 0 radical (unpaired) electrons. The molecule has 8 nitrogen and oxygen atoms in total. The quantitative estimate of drug-likeness (QED) is 0.426. The molecule has 0 spiro atoms. The van der Waals surface area contributed by atoms with Gasteiger partial charge in [0.25, 0.3) is 0 Å². The molecule has 3 heterocycles. The minimum atomic E-state index is -4.64. The molecule has 0 saturated heterocycles. The number of benzene rings is 1. The lowest BCUT2D eigenvalue weighted by molar-refractivity contribution is -0.140. The summed E-state index contributed by atoms with van der Waals surface area (Å²) >= 11 is 5.92. The third-order valence-electron chi connectivity index (χ3n) is 5.03. The lowest BCUT2D eigenvalue weighted by Gasteiger charge is -2.41. The summed E-state index contributed by atoms with van der Waals surface area (Å²) in [5, 5.41) is 2.77. The number of hydrogen-bond donors (Lipinski definition) is 0. The zero-order valence-corrected chi connectivity index (χ0v) is 17.8. The Kier molecular flexibility index (Phi) is 5.19. The molecule has 0 aliphatic carbocycles. The summed E-state index contributed by atoms with van der Waals surface area (Å²) in [6, 6.07) is 3.70. The van der Waals surface area contributed by atoms with E-state index in [-0.39, 0.29) is 29.2 Å². The first-order valence-electron chi connectivity index (χ1n) is 9.18. The second kappa shape index (κ2) is 7.62. The minimum absolute atomic E-state index is 0.0262. The number of alkyl halides is 3. The van der Waals surface area contributed by atoms with Crippen LogP contribution in [-0.4, -0.2) is 44.7 Å². The van der Waals surface area contributed by atoms with E-state index in [2.05, 4.69) is 15.0 Å². The average Bonchev–Trinajstić information content (AvgIpc) is 3.11. The van der Waals surface area contributed by atoms with E-state index in [1.54, 1.807) is 13.1 Å². The topological polar surface area (TPSA) is 70.4 Å². The Morgan fingerprint density at radius 1 is 1.12 bits per heavy atom. The molecule has 4 rings (SSSR count). The normalized spacial score (nSPS) is 14.2. The summed E-state index contributed by atoms with van der Waals surface area (Å²) in [6.45, 7) is 0.0436. The number of aryl methyl sites for hydroxylation is 1. The van der Waals surface area contributed by atoms with E-state index in [0.717, 1.165) is 10.8 Å². The minimum Gasteiger partial charge on any atom is -0.333 e. The number of rotatable bonds is 3. The standard InChI is InChI=1S/C19H16ClF4N7O/c1-28-9-14(19(22,23)24)26-15(28)11-5-4-10(6-12(11)21)8-31-16-13(7-25-17(20)27-16)29(2)18(32)30(31)3/h4-7,9H,8H2,1-3H3. The molecule has 0 fully saturated rings. The van der Waals surface area contributed by atoms with Crippen LogP contribution in [0.2, 0.25) is 5.28 Å². The first kappa shape index (κ1) is 21.8. The van der Waals surface area contributed by atoms with Crippen molar-refractivity contribution in [2.75, 3.05) is 24.0 Å². The molecule has 1 aromatic carbocycles. The van der Waals surface area contributed by atoms with E-state index >= 15 is 0 Å². The Hall–Kier alpha value is -3.41. The molecule has 0 saturated carbocycles. The number of amides is 2. The van der Waals surface area contributed by atoms with Crippen LogP contribution in [0.4, 0.5) is 33.9 Å². The summed E-state index contributed by atoms with van der Waals surface area (Å²) in [5.41, 5.74) is -0.326. The summed E-state index contributed by atoms with van der Waals surface area (Å²) in [6.07, 6.45) is -2.43. The van der Waals surface area contributed by atoms with Crippen molar-refractivity contribution < 1.29 is 22.4 Å². The van der Waals surface area contributed by atoms with E-state index in [0.29, 0.717) is 17.1 Å². The van der Waals surface area contributed by atoms with Crippen LogP contribution in [0.1, 0.15) is 11.3 Å². The number of urea groups is 1. The van der Waals surface area contributed by atoms with Crippen molar-refractivity contribution in [3.63, 3.8) is 0 Å². The molecule has 3 aromatic rings. The highest BCUT2D eigenvalue weighted by Gasteiger charge is 2.35. The van der Waals surface area contributed by atoms with Gasteiger partial charge in [-0.15, -0.1) is 0 Å². The maximum Gasteiger partial charge on any atom is 0.434 e. The number of imidazole rings is 1. The first-order chi connectivity index (χ1) is 15.0. The van der Waals surface area contributed by atoms with Crippen LogP contribution in [0, 0.1) is 5.82 Å². The third kappa shape index (κ3) is 3.70. The molecule has 2 aromatic heterocycles. The summed E-state index contributed by atoms with van der Waals surface area (Å²) in [5.74, 6) is -0.565. The second-order valence-electron chi connectivity index (χ2n) is 7.14. The Morgan fingerprint density at radius 3 is 2.47 bits per heavy atom. The number of hydrazine groups is 1. The van der Waals surface area contributed by atoms with Gasteiger partial charge in [-0.3, -0.25) is 9.91 Å². The van der Waals surface area contributed by atoms with Crippen LogP contribution in [0.5, 0.6) is 0 Å². The monoisotopic (exact) mass is 469 g/mol. The van der Waals surface area contributed by atoms with Crippen molar-refractivity contribution in [1.82, 2.24) is 24.5 Å². The highest BCUT2D eigenvalue weighted by Crippen LogP contribution is 2.35. The molecular formula is C19H16ClF4N7O. The molecule has 2 amide bonds. The van der Waals surface area contributed by atoms with Crippen molar-refractivity contribution >= 4 is 29.1 Å². The Balaban J connectivity index is 1.68. The number of carbonyl (C=O) groups excluding carboxylic acids is 1. The molecule has 1 aliphatic heterocycles. The highest BCUT2D eigenvalue weighted by molar-refractivity contribution is 6.28.